The number of amides is 1. The number of carbonyl (C=O) groups is 1. The average molecular weight is 393 g/mol. The smallest absolute Gasteiger partial charge is 0.261 e. The summed E-state index contributed by atoms with van der Waals surface area (Å²) in [4.78, 5) is 18.5. The van der Waals surface area contributed by atoms with Crippen LogP contribution in [-0.2, 0) is 11.3 Å². The van der Waals surface area contributed by atoms with E-state index in [0.29, 0.717) is 29.8 Å². The number of benzene rings is 2. The van der Waals surface area contributed by atoms with Crippen molar-refractivity contribution in [3.63, 3.8) is 0 Å². The van der Waals surface area contributed by atoms with Crippen LogP contribution in [0, 0.1) is 6.92 Å². The summed E-state index contributed by atoms with van der Waals surface area (Å²) in [6, 6.07) is 14.9. The van der Waals surface area contributed by atoms with E-state index in [1.54, 1.807) is 42.4 Å². The maximum absolute atomic E-state index is 12.6. The molecule has 0 aliphatic rings. The molecule has 0 N–H and O–H groups in total. The number of ether oxygens (including phenoxy) is 2. The van der Waals surface area contributed by atoms with E-state index in [-0.39, 0.29) is 19.1 Å². The minimum absolute atomic E-state index is 0.125. The monoisotopic (exact) mass is 393 g/mol. The SMILES string of the molecule is C=CCN(Cc1nc(-c2ccc(C)cc2)no1)C(=O)COc1cccc(OC)c1. The highest BCUT2D eigenvalue weighted by Gasteiger charge is 2.18. The van der Waals surface area contributed by atoms with Crippen LogP contribution in [-0.4, -0.2) is 41.2 Å². The van der Waals surface area contributed by atoms with Crippen LogP contribution >= 0.6 is 0 Å². The van der Waals surface area contributed by atoms with Gasteiger partial charge in [-0.25, -0.2) is 0 Å². The molecule has 1 amide bonds. The molecule has 7 heteroatoms. The van der Waals surface area contributed by atoms with Gasteiger partial charge in [0.1, 0.15) is 18.0 Å². The molecule has 7 nitrogen and oxygen atoms in total. The second kappa shape index (κ2) is 9.54. The first-order valence-electron chi connectivity index (χ1n) is 9.14. The van der Waals surface area contributed by atoms with Crippen molar-refractivity contribution in [1.29, 1.82) is 0 Å². The van der Waals surface area contributed by atoms with E-state index >= 15 is 0 Å². The summed E-state index contributed by atoms with van der Waals surface area (Å²) in [7, 11) is 1.57. The van der Waals surface area contributed by atoms with Gasteiger partial charge in [0, 0.05) is 18.2 Å². The van der Waals surface area contributed by atoms with Crippen LogP contribution in [0.3, 0.4) is 0 Å². The van der Waals surface area contributed by atoms with Gasteiger partial charge in [0.15, 0.2) is 6.61 Å². The molecule has 0 saturated heterocycles. The van der Waals surface area contributed by atoms with Crippen molar-refractivity contribution in [1.82, 2.24) is 15.0 Å². The lowest BCUT2D eigenvalue weighted by Gasteiger charge is -2.19. The minimum Gasteiger partial charge on any atom is -0.497 e. The van der Waals surface area contributed by atoms with Crippen molar-refractivity contribution in [3.05, 3.63) is 72.6 Å². The van der Waals surface area contributed by atoms with Gasteiger partial charge in [-0.15, -0.1) is 6.58 Å². The molecule has 3 rings (SSSR count). The van der Waals surface area contributed by atoms with Gasteiger partial charge < -0.3 is 18.9 Å². The van der Waals surface area contributed by atoms with Crippen molar-refractivity contribution in [3.8, 4) is 22.9 Å². The van der Waals surface area contributed by atoms with Gasteiger partial charge in [-0.3, -0.25) is 4.79 Å². The molecule has 2 aromatic carbocycles. The highest BCUT2D eigenvalue weighted by molar-refractivity contribution is 5.77. The first-order valence-corrected chi connectivity index (χ1v) is 9.14. The zero-order valence-corrected chi connectivity index (χ0v) is 16.5. The quantitative estimate of drug-likeness (QED) is 0.517. The fourth-order valence-electron chi connectivity index (χ4n) is 2.64. The molecule has 0 atom stereocenters. The summed E-state index contributed by atoms with van der Waals surface area (Å²) in [6.45, 7) is 6.10. The first-order chi connectivity index (χ1) is 14.1. The zero-order valence-electron chi connectivity index (χ0n) is 16.5. The van der Waals surface area contributed by atoms with E-state index in [4.69, 9.17) is 14.0 Å². The zero-order chi connectivity index (χ0) is 20.6. The van der Waals surface area contributed by atoms with Gasteiger partial charge in [-0.1, -0.05) is 47.1 Å². The molecule has 0 spiro atoms. The summed E-state index contributed by atoms with van der Waals surface area (Å²) >= 11 is 0. The molecule has 0 aliphatic carbocycles. The lowest BCUT2D eigenvalue weighted by atomic mass is 10.1. The standard InChI is InChI=1S/C22H23N3O4/c1-4-12-25(21(26)15-28-19-7-5-6-18(13-19)27-3)14-20-23-22(24-29-20)17-10-8-16(2)9-11-17/h4-11,13H,1,12,14-15H2,2-3H3. The van der Waals surface area contributed by atoms with Crippen LogP contribution in [0.25, 0.3) is 11.4 Å². The largest absolute Gasteiger partial charge is 0.497 e. The van der Waals surface area contributed by atoms with Crippen LogP contribution in [0.15, 0.2) is 65.7 Å². The number of methoxy groups -OCH3 is 1. The summed E-state index contributed by atoms with van der Waals surface area (Å²) in [5, 5.41) is 4.01. The van der Waals surface area contributed by atoms with Crippen molar-refractivity contribution in [2.75, 3.05) is 20.3 Å². The molecule has 0 fully saturated rings. The lowest BCUT2D eigenvalue weighted by molar-refractivity contribution is -0.133. The first kappa shape index (κ1) is 20.1. The van der Waals surface area contributed by atoms with Gasteiger partial charge >= 0.3 is 0 Å². The molecule has 150 valence electrons. The van der Waals surface area contributed by atoms with Crippen LogP contribution in [0.2, 0.25) is 0 Å². The Balaban J connectivity index is 1.64. The van der Waals surface area contributed by atoms with E-state index in [1.807, 2.05) is 31.2 Å². The van der Waals surface area contributed by atoms with E-state index in [2.05, 4.69) is 16.7 Å². The summed E-state index contributed by atoms with van der Waals surface area (Å²) in [5.41, 5.74) is 2.00. The molecule has 29 heavy (non-hydrogen) atoms. The second-order valence-electron chi connectivity index (χ2n) is 6.41. The normalized spacial score (nSPS) is 10.4. The van der Waals surface area contributed by atoms with Crippen LogP contribution < -0.4 is 9.47 Å². The van der Waals surface area contributed by atoms with E-state index in [0.717, 1.165) is 11.1 Å². The van der Waals surface area contributed by atoms with Crippen LogP contribution in [0.1, 0.15) is 11.5 Å². The molecule has 1 heterocycles. The number of aryl methyl sites for hydroxylation is 1. The predicted octanol–water partition coefficient (Wildman–Crippen LogP) is 3.65. The van der Waals surface area contributed by atoms with E-state index in [9.17, 15) is 4.79 Å². The van der Waals surface area contributed by atoms with Gasteiger partial charge in [-0.05, 0) is 19.1 Å². The Kier molecular flexibility index (Phi) is 6.63. The van der Waals surface area contributed by atoms with Crippen LogP contribution in [0.4, 0.5) is 0 Å². The fraction of sp³-hybridized carbons (Fsp3) is 0.227. The van der Waals surface area contributed by atoms with Gasteiger partial charge in [0.2, 0.25) is 11.7 Å². The number of rotatable bonds is 9. The Bertz CT molecular complexity index is 966. The maximum Gasteiger partial charge on any atom is 0.261 e. The lowest BCUT2D eigenvalue weighted by Crippen LogP contribution is -2.34. The van der Waals surface area contributed by atoms with Crippen molar-refractivity contribution >= 4 is 5.91 Å². The number of aromatic nitrogens is 2. The molecular formula is C22H23N3O4. The van der Waals surface area contributed by atoms with E-state index < -0.39 is 0 Å². The molecule has 0 bridgehead atoms. The van der Waals surface area contributed by atoms with Gasteiger partial charge in [0.25, 0.3) is 5.91 Å². The molecule has 0 radical (unpaired) electrons. The third kappa shape index (κ3) is 5.44. The van der Waals surface area contributed by atoms with Gasteiger partial charge in [-0.2, -0.15) is 4.98 Å². The van der Waals surface area contributed by atoms with Crippen molar-refractivity contribution < 1.29 is 18.8 Å². The average Bonchev–Trinajstić information content (AvgIpc) is 3.21. The minimum atomic E-state index is -0.220. The molecule has 0 aliphatic heterocycles. The number of hydrogen-bond donors (Lipinski definition) is 0. The topological polar surface area (TPSA) is 77.7 Å². The second-order valence-corrected chi connectivity index (χ2v) is 6.41. The molecule has 1 aromatic heterocycles. The number of carbonyl (C=O) groups excluding carboxylic acids is 1. The Labute approximate surface area is 169 Å². The Morgan fingerprint density at radius 2 is 1.97 bits per heavy atom. The van der Waals surface area contributed by atoms with Crippen molar-refractivity contribution in [2.24, 2.45) is 0 Å². The molecule has 0 unspecified atom stereocenters. The Morgan fingerprint density at radius 1 is 1.21 bits per heavy atom. The third-order valence-corrected chi connectivity index (χ3v) is 4.21. The summed E-state index contributed by atoms with van der Waals surface area (Å²) < 4.78 is 16.1. The Morgan fingerprint density at radius 3 is 2.69 bits per heavy atom. The Hall–Kier alpha value is -3.61. The molecule has 3 aromatic rings. The summed E-state index contributed by atoms with van der Waals surface area (Å²) in [6.07, 6.45) is 1.64. The van der Waals surface area contributed by atoms with Crippen molar-refractivity contribution in [2.45, 2.75) is 13.5 Å². The highest BCUT2D eigenvalue weighted by atomic mass is 16.5. The number of nitrogens with zero attached hydrogens (tertiary/aromatic N) is 3. The van der Waals surface area contributed by atoms with Crippen LogP contribution in [0.5, 0.6) is 11.5 Å². The number of hydrogen-bond acceptors (Lipinski definition) is 6. The van der Waals surface area contributed by atoms with Gasteiger partial charge in [0.05, 0.1) is 7.11 Å². The molecule has 0 saturated carbocycles. The fourth-order valence-corrected chi connectivity index (χ4v) is 2.64. The van der Waals surface area contributed by atoms with E-state index in [1.165, 1.54) is 0 Å². The molecular weight excluding hydrogens is 370 g/mol. The summed E-state index contributed by atoms with van der Waals surface area (Å²) in [5.74, 6) is 1.82. The third-order valence-electron chi connectivity index (χ3n) is 4.21. The maximum atomic E-state index is 12.6. The predicted molar refractivity (Wildman–Crippen MR) is 109 cm³/mol. The highest BCUT2D eigenvalue weighted by Crippen LogP contribution is 2.19.